The van der Waals surface area contributed by atoms with Crippen molar-refractivity contribution in [3.05, 3.63) is 71.8 Å². The Morgan fingerprint density at radius 1 is 1.00 bits per heavy atom. The molecular formula is C23H29N3O2. The average molecular weight is 380 g/mol. The van der Waals surface area contributed by atoms with Crippen molar-refractivity contribution < 1.29 is 9.59 Å². The van der Waals surface area contributed by atoms with Crippen molar-refractivity contribution in [3.63, 3.8) is 0 Å². The van der Waals surface area contributed by atoms with Crippen LogP contribution in [0.5, 0.6) is 0 Å². The van der Waals surface area contributed by atoms with Gasteiger partial charge in [0.15, 0.2) is 0 Å². The molecule has 1 atom stereocenters. The van der Waals surface area contributed by atoms with Crippen LogP contribution in [0.15, 0.2) is 60.7 Å². The minimum Gasteiger partial charge on any atom is -0.353 e. The lowest BCUT2D eigenvalue weighted by molar-refractivity contribution is -0.122. The third kappa shape index (κ3) is 6.20. The van der Waals surface area contributed by atoms with E-state index in [1.807, 2.05) is 31.2 Å². The van der Waals surface area contributed by atoms with Crippen molar-refractivity contribution in [1.82, 2.24) is 15.5 Å². The van der Waals surface area contributed by atoms with Crippen LogP contribution >= 0.6 is 0 Å². The molecule has 0 unspecified atom stereocenters. The summed E-state index contributed by atoms with van der Waals surface area (Å²) < 4.78 is 0. The SMILES string of the molecule is C[C@@H](CC(=O)NC1CCN(Cc2ccccc2)CC1)NC(=O)c1ccccc1. The highest BCUT2D eigenvalue weighted by atomic mass is 16.2. The number of nitrogens with zero attached hydrogens (tertiary/aromatic N) is 1. The van der Waals surface area contributed by atoms with Crippen LogP contribution in [0.1, 0.15) is 42.1 Å². The lowest BCUT2D eigenvalue weighted by Gasteiger charge is -2.32. The minimum atomic E-state index is -0.203. The lowest BCUT2D eigenvalue weighted by atomic mass is 10.0. The van der Waals surface area contributed by atoms with E-state index >= 15 is 0 Å². The van der Waals surface area contributed by atoms with E-state index in [0.29, 0.717) is 12.0 Å². The Morgan fingerprint density at radius 2 is 1.61 bits per heavy atom. The first-order valence-electron chi connectivity index (χ1n) is 10.0. The summed E-state index contributed by atoms with van der Waals surface area (Å²) >= 11 is 0. The number of likely N-dealkylation sites (tertiary alicyclic amines) is 1. The van der Waals surface area contributed by atoms with Gasteiger partial charge >= 0.3 is 0 Å². The highest BCUT2D eigenvalue weighted by Gasteiger charge is 2.21. The molecule has 1 aliphatic heterocycles. The van der Waals surface area contributed by atoms with E-state index in [-0.39, 0.29) is 23.9 Å². The van der Waals surface area contributed by atoms with Crippen molar-refractivity contribution in [2.75, 3.05) is 13.1 Å². The van der Waals surface area contributed by atoms with Crippen molar-refractivity contribution in [2.45, 2.75) is 44.8 Å². The Labute approximate surface area is 167 Å². The summed E-state index contributed by atoms with van der Waals surface area (Å²) in [4.78, 5) is 26.9. The molecular weight excluding hydrogens is 350 g/mol. The van der Waals surface area contributed by atoms with Gasteiger partial charge in [0.05, 0.1) is 0 Å². The van der Waals surface area contributed by atoms with Crippen LogP contribution in [0, 0.1) is 0 Å². The molecule has 0 aliphatic carbocycles. The Balaban J connectivity index is 1.36. The number of nitrogens with one attached hydrogen (secondary N) is 2. The Hall–Kier alpha value is -2.66. The van der Waals surface area contributed by atoms with Gasteiger partial charge in [-0.2, -0.15) is 0 Å². The van der Waals surface area contributed by atoms with Crippen molar-refractivity contribution >= 4 is 11.8 Å². The minimum absolute atomic E-state index is 0.00220. The number of hydrogen-bond acceptors (Lipinski definition) is 3. The summed E-state index contributed by atoms with van der Waals surface area (Å²) in [7, 11) is 0. The first-order valence-corrected chi connectivity index (χ1v) is 10.0. The number of amides is 2. The van der Waals surface area contributed by atoms with E-state index in [1.54, 1.807) is 12.1 Å². The molecule has 5 nitrogen and oxygen atoms in total. The van der Waals surface area contributed by atoms with E-state index in [0.717, 1.165) is 32.5 Å². The van der Waals surface area contributed by atoms with Crippen LogP contribution < -0.4 is 10.6 Å². The highest BCUT2D eigenvalue weighted by molar-refractivity contribution is 5.94. The summed E-state index contributed by atoms with van der Waals surface area (Å²) in [5, 5.41) is 6.02. The lowest BCUT2D eigenvalue weighted by Crippen LogP contribution is -2.46. The summed E-state index contributed by atoms with van der Waals surface area (Å²) in [5.74, 6) is -0.141. The van der Waals surface area contributed by atoms with E-state index in [9.17, 15) is 9.59 Å². The Bertz CT molecular complexity index is 756. The molecule has 2 N–H and O–H groups in total. The van der Waals surface area contributed by atoms with Crippen molar-refractivity contribution in [1.29, 1.82) is 0 Å². The molecule has 1 heterocycles. The maximum Gasteiger partial charge on any atom is 0.251 e. The van der Waals surface area contributed by atoms with Gasteiger partial charge in [-0.1, -0.05) is 48.5 Å². The molecule has 2 amide bonds. The van der Waals surface area contributed by atoms with Crippen LogP contribution in [0.3, 0.4) is 0 Å². The zero-order chi connectivity index (χ0) is 19.8. The molecule has 3 rings (SSSR count). The fraction of sp³-hybridized carbons (Fsp3) is 0.391. The summed E-state index contributed by atoms with van der Waals surface area (Å²) in [6, 6.07) is 19.6. The van der Waals surface area contributed by atoms with Crippen LogP contribution in [-0.4, -0.2) is 41.9 Å². The smallest absolute Gasteiger partial charge is 0.251 e. The van der Waals surface area contributed by atoms with Gasteiger partial charge in [-0.25, -0.2) is 0 Å². The van der Waals surface area contributed by atoms with E-state index < -0.39 is 0 Å². The topological polar surface area (TPSA) is 61.4 Å². The molecule has 2 aromatic carbocycles. The van der Waals surface area contributed by atoms with Gasteiger partial charge in [-0.05, 0) is 37.5 Å². The number of piperidine rings is 1. The van der Waals surface area contributed by atoms with Crippen molar-refractivity contribution in [2.24, 2.45) is 0 Å². The predicted molar refractivity (Wildman–Crippen MR) is 111 cm³/mol. The summed E-state index contributed by atoms with van der Waals surface area (Å²) in [6.45, 7) is 4.80. The summed E-state index contributed by atoms with van der Waals surface area (Å²) in [6.07, 6.45) is 2.22. The maximum atomic E-state index is 12.3. The van der Waals surface area contributed by atoms with Gasteiger partial charge in [-0.15, -0.1) is 0 Å². The summed E-state index contributed by atoms with van der Waals surface area (Å²) in [5.41, 5.74) is 1.94. The van der Waals surface area contributed by atoms with Gasteiger partial charge in [0.25, 0.3) is 5.91 Å². The number of carbonyl (C=O) groups is 2. The van der Waals surface area contributed by atoms with Gasteiger partial charge in [0.1, 0.15) is 0 Å². The third-order valence-corrected chi connectivity index (χ3v) is 5.11. The monoisotopic (exact) mass is 379 g/mol. The molecule has 148 valence electrons. The molecule has 0 aromatic heterocycles. The number of rotatable bonds is 7. The first kappa shape index (κ1) is 20.1. The quantitative estimate of drug-likeness (QED) is 0.777. The van der Waals surface area contributed by atoms with E-state index in [1.165, 1.54) is 5.56 Å². The molecule has 0 radical (unpaired) electrons. The highest BCUT2D eigenvalue weighted by Crippen LogP contribution is 2.14. The molecule has 0 bridgehead atoms. The second-order valence-corrected chi connectivity index (χ2v) is 7.55. The van der Waals surface area contributed by atoms with Crippen LogP contribution in [-0.2, 0) is 11.3 Å². The standard InChI is InChI=1S/C23H29N3O2/c1-18(24-23(28)20-10-6-3-7-11-20)16-22(27)25-21-12-14-26(15-13-21)17-19-8-4-2-5-9-19/h2-11,18,21H,12-17H2,1H3,(H,24,28)(H,25,27)/t18-/m0/s1. The molecule has 0 saturated carbocycles. The normalized spacial score (nSPS) is 16.3. The Kier molecular flexibility index (Phi) is 7.20. The molecule has 1 aliphatic rings. The predicted octanol–water partition coefficient (Wildman–Crippen LogP) is 2.98. The number of hydrogen-bond donors (Lipinski definition) is 2. The third-order valence-electron chi connectivity index (χ3n) is 5.11. The van der Waals surface area contributed by atoms with Crippen LogP contribution in [0.4, 0.5) is 0 Å². The second kappa shape index (κ2) is 10.0. The zero-order valence-electron chi connectivity index (χ0n) is 16.4. The maximum absolute atomic E-state index is 12.3. The zero-order valence-corrected chi connectivity index (χ0v) is 16.4. The second-order valence-electron chi connectivity index (χ2n) is 7.55. The average Bonchev–Trinajstić information content (AvgIpc) is 2.70. The van der Waals surface area contributed by atoms with Crippen LogP contribution in [0.2, 0.25) is 0 Å². The van der Waals surface area contributed by atoms with Gasteiger partial charge < -0.3 is 10.6 Å². The number of benzene rings is 2. The molecule has 28 heavy (non-hydrogen) atoms. The Morgan fingerprint density at radius 3 is 2.25 bits per heavy atom. The largest absolute Gasteiger partial charge is 0.353 e. The van der Waals surface area contributed by atoms with E-state index in [4.69, 9.17) is 0 Å². The molecule has 2 aromatic rings. The van der Waals surface area contributed by atoms with E-state index in [2.05, 4.69) is 39.8 Å². The number of carbonyl (C=O) groups excluding carboxylic acids is 2. The molecule has 1 fully saturated rings. The van der Waals surface area contributed by atoms with Crippen LogP contribution in [0.25, 0.3) is 0 Å². The van der Waals surface area contributed by atoms with Gasteiger partial charge in [0.2, 0.25) is 5.91 Å². The fourth-order valence-electron chi connectivity index (χ4n) is 3.59. The first-order chi connectivity index (χ1) is 13.6. The van der Waals surface area contributed by atoms with Crippen molar-refractivity contribution in [3.8, 4) is 0 Å². The van der Waals surface area contributed by atoms with Gasteiger partial charge in [0, 0.05) is 43.7 Å². The fourth-order valence-corrected chi connectivity index (χ4v) is 3.59. The van der Waals surface area contributed by atoms with Gasteiger partial charge in [-0.3, -0.25) is 14.5 Å². The molecule has 1 saturated heterocycles. The molecule has 0 spiro atoms. The molecule has 5 heteroatoms.